The normalized spacial score (nSPS) is 18.0. The van der Waals surface area contributed by atoms with Gasteiger partial charge in [0.2, 0.25) is 0 Å². The molecule has 6 heteroatoms. The third-order valence-electron chi connectivity index (χ3n) is 3.99. The number of fused-ring (bicyclic) bond motifs is 1. The number of allylic oxidation sites excluding steroid dienone is 1. The maximum absolute atomic E-state index is 12.5. The molecule has 1 fully saturated rings. The standard InChI is InChI=1S/C15H14ClN3O2/c1-9-11(5-4-10(7-17)14(9)16)19-8-12-13(20)3-2-6-18(12)15(19)21/h4-5,20H,2-3,6,8H2,1H3. The molecule has 0 bridgehead atoms. The first-order valence-corrected chi connectivity index (χ1v) is 7.11. The molecule has 1 aromatic carbocycles. The molecule has 2 aliphatic rings. The average Bonchev–Trinajstić information content (AvgIpc) is 2.81. The lowest BCUT2D eigenvalue weighted by atomic mass is 10.1. The average molecular weight is 304 g/mol. The molecule has 5 nitrogen and oxygen atoms in total. The third-order valence-corrected chi connectivity index (χ3v) is 4.48. The molecule has 108 valence electrons. The van der Waals surface area contributed by atoms with Crippen LogP contribution in [0.25, 0.3) is 0 Å². The van der Waals surface area contributed by atoms with Crippen LogP contribution >= 0.6 is 11.6 Å². The predicted molar refractivity (Wildman–Crippen MR) is 79.2 cm³/mol. The summed E-state index contributed by atoms with van der Waals surface area (Å²) in [5, 5.41) is 19.3. The Kier molecular flexibility index (Phi) is 3.26. The van der Waals surface area contributed by atoms with E-state index in [9.17, 15) is 9.90 Å². The van der Waals surface area contributed by atoms with Crippen molar-refractivity contribution in [3.05, 3.63) is 39.7 Å². The second-order valence-electron chi connectivity index (χ2n) is 5.20. The van der Waals surface area contributed by atoms with E-state index in [0.717, 1.165) is 6.42 Å². The number of carbonyl (C=O) groups excluding carboxylic acids is 1. The highest BCUT2D eigenvalue weighted by Crippen LogP contribution is 2.36. The van der Waals surface area contributed by atoms with Gasteiger partial charge in [-0.15, -0.1) is 0 Å². The van der Waals surface area contributed by atoms with Crippen molar-refractivity contribution in [2.45, 2.75) is 19.8 Å². The summed E-state index contributed by atoms with van der Waals surface area (Å²) in [7, 11) is 0. The van der Waals surface area contributed by atoms with Crippen molar-refractivity contribution in [2.24, 2.45) is 0 Å². The van der Waals surface area contributed by atoms with Gasteiger partial charge in [0, 0.05) is 13.0 Å². The third kappa shape index (κ3) is 2.03. The van der Waals surface area contributed by atoms with Crippen LogP contribution in [0.4, 0.5) is 10.5 Å². The fourth-order valence-corrected chi connectivity index (χ4v) is 3.03. The van der Waals surface area contributed by atoms with Crippen molar-refractivity contribution < 1.29 is 9.90 Å². The zero-order chi connectivity index (χ0) is 15.1. The number of nitriles is 1. The van der Waals surface area contributed by atoms with Crippen molar-refractivity contribution in [3.63, 3.8) is 0 Å². The molecule has 2 amide bonds. The first-order chi connectivity index (χ1) is 10.0. The molecule has 1 N–H and O–H groups in total. The second kappa shape index (κ2) is 4.97. The summed E-state index contributed by atoms with van der Waals surface area (Å²) in [6.07, 6.45) is 1.38. The molecule has 1 aromatic rings. The fourth-order valence-electron chi connectivity index (χ4n) is 2.83. The highest BCUT2D eigenvalue weighted by molar-refractivity contribution is 6.33. The number of aliphatic hydroxyl groups excluding tert-OH is 1. The molecule has 0 aromatic heterocycles. The highest BCUT2D eigenvalue weighted by atomic mass is 35.5. The SMILES string of the molecule is Cc1c(N2CC3=C(O)CCCN3C2=O)ccc(C#N)c1Cl. The van der Waals surface area contributed by atoms with E-state index in [2.05, 4.69) is 0 Å². The minimum Gasteiger partial charge on any atom is -0.510 e. The zero-order valence-electron chi connectivity index (χ0n) is 11.6. The molecule has 0 saturated carbocycles. The number of carbonyl (C=O) groups is 1. The predicted octanol–water partition coefficient (Wildman–Crippen LogP) is 3.33. The number of urea groups is 1. The number of hydrogen-bond donors (Lipinski definition) is 1. The first kappa shape index (κ1) is 13.8. The summed E-state index contributed by atoms with van der Waals surface area (Å²) in [6, 6.07) is 5.22. The summed E-state index contributed by atoms with van der Waals surface area (Å²) in [6.45, 7) is 2.75. The molecular weight excluding hydrogens is 290 g/mol. The number of anilines is 1. The number of benzene rings is 1. The Morgan fingerprint density at radius 1 is 1.38 bits per heavy atom. The van der Waals surface area contributed by atoms with E-state index in [1.54, 1.807) is 28.9 Å². The molecule has 21 heavy (non-hydrogen) atoms. The van der Waals surface area contributed by atoms with Crippen LogP contribution in [0.1, 0.15) is 24.0 Å². The lowest BCUT2D eigenvalue weighted by Gasteiger charge is -2.23. The summed E-state index contributed by atoms with van der Waals surface area (Å²) < 4.78 is 0. The molecule has 0 atom stereocenters. The summed E-state index contributed by atoms with van der Waals surface area (Å²) in [5.74, 6) is 0.287. The molecule has 2 heterocycles. The van der Waals surface area contributed by atoms with E-state index in [-0.39, 0.29) is 11.8 Å². The molecular formula is C15H14ClN3O2. The van der Waals surface area contributed by atoms with Gasteiger partial charge in [-0.25, -0.2) is 4.79 Å². The maximum atomic E-state index is 12.5. The summed E-state index contributed by atoms with van der Waals surface area (Å²) >= 11 is 6.17. The molecule has 1 saturated heterocycles. The Balaban J connectivity index is 2.04. The maximum Gasteiger partial charge on any atom is 0.329 e. The van der Waals surface area contributed by atoms with Gasteiger partial charge >= 0.3 is 6.03 Å². The van der Waals surface area contributed by atoms with Crippen LogP contribution < -0.4 is 4.90 Å². The number of halogens is 1. The van der Waals surface area contributed by atoms with Crippen LogP contribution in [0.2, 0.25) is 5.02 Å². The van der Waals surface area contributed by atoms with Crippen LogP contribution in [0.3, 0.4) is 0 Å². The largest absolute Gasteiger partial charge is 0.510 e. The van der Waals surface area contributed by atoms with Gasteiger partial charge in [0.1, 0.15) is 11.8 Å². The van der Waals surface area contributed by atoms with Gasteiger partial charge in [0.05, 0.1) is 28.5 Å². The van der Waals surface area contributed by atoms with E-state index in [0.29, 0.717) is 47.0 Å². The summed E-state index contributed by atoms with van der Waals surface area (Å²) in [4.78, 5) is 15.7. The van der Waals surface area contributed by atoms with Crippen LogP contribution in [-0.4, -0.2) is 29.1 Å². The highest BCUT2D eigenvalue weighted by Gasteiger charge is 2.38. The topological polar surface area (TPSA) is 67.6 Å². The van der Waals surface area contributed by atoms with Gasteiger partial charge in [-0.2, -0.15) is 5.26 Å². The van der Waals surface area contributed by atoms with Crippen LogP contribution in [-0.2, 0) is 0 Å². The van der Waals surface area contributed by atoms with Crippen molar-refractivity contribution >= 4 is 23.3 Å². The minimum atomic E-state index is -0.153. The molecule has 0 radical (unpaired) electrons. The Bertz CT molecular complexity index is 706. The number of hydrogen-bond acceptors (Lipinski definition) is 3. The van der Waals surface area contributed by atoms with Crippen molar-refractivity contribution in [2.75, 3.05) is 18.0 Å². The lowest BCUT2D eigenvalue weighted by molar-refractivity contribution is 0.218. The second-order valence-corrected chi connectivity index (χ2v) is 5.58. The minimum absolute atomic E-state index is 0.153. The van der Waals surface area contributed by atoms with Gasteiger partial charge in [0.25, 0.3) is 0 Å². The smallest absolute Gasteiger partial charge is 0.329 e. The van der Waals surface area contributed by atoms with Crippen molar-refractivity contribution in [1.82, 2.24) is 4.90 Å². The Hall–Kier alpha value is -2.19. The Morgan fingerprint density at radius 2 is 2.14 bits per heavy atom. The first-order valence-electron chi connectivity index (χ1n) is 6.73. The van der Waals surface area contributed by atoms with Crippen molar-refractivity contribution in [1.29, 1.82) is 5.26 Å². The van der Waals surface area contributed by atoms with E-state index >= 15 is 0 Å². The Morgan fingerprint density at radius 3 is 2.81 bits per heavy atom. The van der Waals surface area contributed by atoms with Gasteiger partial charge in [-0.1, -0.05) is 11.6 Å². The van der Waals surface area contributed by atoms with E-state index in [1.165, 1.54) is 0 Å². The number of amides is 2. The molecule has 0 unspecified atom stereocenters. The fraction of sp³-hybridized carbons (Fsp3) is 0.333. The molecule has 3 rings (SSSR count). The van der Waals surface area contributed by atoms with Gasteiger partial charge in [-0.3, -0.25) is 9.80 Å². The van der Waals surface area contributed by atoms with Crippen LogP contribution in [0, 0.1) is 18.3 Å². The molecule has 2 aliphatic heterocycles. The molecule has 0 spiro atoms. The monoisotopic (exact) mass is 303 g/mol. The zero-order valence-corrected chi connectivity index (χ0v) is 12.3. The number of rotatable bonds is 1. The molecule has 0 aliphatic carbocycles. The number of aliphatic hydroxyl groups is 1. The summed E-state index contributed by atoms with van der Waals surface area (Å²) in [5.41, 5.74) is 2.44. The lowest BCUT2D eigenvalue weighted by Crippen LogP contribution is -2.33. The van der Waals surface area contributed by atoms with E-state index in [4.69, 9.17) is 16.9 Å². The van der Waals surface area contributed by atoms with Crippen LogP contribution in [0.15, 0.2) is 23.6 Å². The van der Waals surface area contributed by atoms with E-state index in [1.807, 2.05) is 6.07 Å². The van der Waals surface area contributed by atoms with Crippen molar-refractivity contribution in [3.8, 4) is 6.07 Å². The van der Waals surface area contributed by atoms with Crippen LogP contribution in [0.5, 0.6) is 0 Å². The van der Waals surface area contributed by atoms with Gasteiger partial charge in [0.15, 0.2) is 0 Å². The van der Waals surface area contributed by atoms with Gasteiger partial charge < -0.3 is 5.11 Å². The van der Waals surface area contributed by atoms with Gasteiger partial charge in [-0.05, 0) is 31.0 Å². The quantitative estimate of drug-likeness (QED) is 0.865. The van der Waals surface area contributed by atoms with E-state index < -0.39 is 0 Å². The number of nitrogens with zero attached hydrogens (tertiary/aromatic N) is 3. The Labute approximate surface area is 127 Å².